The van der Waals surface area contributed by atoms with E-state index in [1.165, 1.54) is 29.1 Å². The van der Waals surface area contributed by atoms with Crippen LogP contribution in [0.5, 0.6) is 0 Å². The summed E-state index contributed by atoms with van der Waals surface area (Å²) >= 11 is 0. The minimum Gasteiger partial charge on any atom is -0.103 e. The molecule has 0 amide bonds. The van der Waals surface area contributed by atoms with E-state index in [0.717, 1.165) is 11.8 Å². The Morgan fingerprint density at radius 1 is 0.833 bits per heavy atom. The summed E-state index contributed by atoms with van der Waals surface area (Å²) in [5, 5.41) is 0. The molecule has 4 aliphatic rings. The van der Waals surface area contributed by atoms with Gasteiger partial charge in [0, 0.05) is 0 Å². The molecule has 4 fully saturated rings. The number of rotatable bonds is 0. The molecule has 0 aromatic carbocycles. The fourth-order valence-corrected chi connectivity index (χ4v) is 10.4. The molecule has 0 bridgehead atoms. The first kappa shape index (κ1) is 12.2. The normalized spacial score (nSPS) is 59.0. The van der Waals surface area contributed by atoms with Crippen molar-refractivity contribution >= 4 is 7.92 Å². The molecule has 0 aromatic rings. The quantitative estimate of drug-likeness (QED) is 0.533. The van der Waals surface area contributed by atoms with Crippen LogP contribution in [-0.4, -0.2) is 18.0 Å². The Bertz CT molecular complexity index is 326. The van der Waals surface area contributed by atoms with Crippen molar-refractivity contribution in [2.45, 2.75) is 69.6 Å². The van der Waals surface area contributed by atoms with E-state index in [1.807, 2.05) is 0 Å². The van der Waals surface area contributed by atoms with Gasteiger partial charge in [-0.05, 0) is 86.1 Å². The molecular weight excluding hydrogens is 235 g/mol. The molecule has 8 unspecified atom stereocenters. The van der Waals surface area contributed by atoms with Crippen molar-refractivity contribution < 1.29 is 0 Å². The van der Waals surface area contributed by atoms with Gasteiger partial charge in [-0.2, -0.15) is 0 Å². The molecule has 1 aliphatic heterocycles. The van der Waals surface area contributed by atoms with Crippen LogP contribution in [-0.2, 0) is 0 Å². The van der Waals surface area contributed by atoms with Crippen molar-refractivity contribution in [2.75, 3.05) is 6.66 Å². The molecule has 4 rings (SSSR count). The summed E-state index contributed by atoms with van der Waals surface area (Å²) in [6.45, 7) is 5.20. The Morgan fingerprint density at radius 3 is 2.56 bits per heavy atom. The van der Waals surface area contributed by atoms with E-state index in [0.29, 0.717) is 7.92 Å². The highest BCUT2D eigenvalue weighted by Crippen LogP contribution is 2.70. The van der Waals surface area contributed by atoms with Crippen molar-refractivity contribution in [3.63, 3.8) is 0 Å². The minimum absolute atomic E-state index is 0.379. The average molecular weight is 264 g/mol. The Kier molecular flexibility index (Phi) is 3.03. The Labute approximate surface area is 114 Å². The van der Waals surface area contributed by atoms with Crippen LogP contribution in [0.2, 0.25) is 0 Å². The third-order valence-electron chi connectivity index (χ3n) is 7.13. The Balaban J connectivity index is 1.60. The fraction of sp³-hybridized carbons (Fsp3) is 1.00. The summed E-state index contributed by atoms with van der Waals surface area (Å²) in [4.78, 5) is 0. The highest BCUT2D eigenvalue weighted by molar-refractivity contribution is 7.58. The molecule has 3 aliphatic carbocycles. The van der Waals surface area contributed by atoms with Gasteiger partial charge in [0.15, 0.2) is 0 Å². The van der Waals surface area contributed by atoms with Gasteiger partial charge in [0.2, 0.25) is 0 Å². The van der Waals surface area contributed by atoms with E-state index in [-0.39, 0.29) is 0 Å². The molecule has 0 radical (unpaired) electrons. The van der Waals surface area contributed by atoms with Crippen LogP contribution in [0.4, 0.5) is 0 Å². The van der Waals surface area contributed by atoms with Gasteiger partial charge < -0.3 is 0 Å². The summed E-state index contributed by atoms with van der Waals surface area (Å²) in [6.07, 6.45) is 12.7. The predicted molar refractivity (Wildman–Crippen MR) is 80.5 cm³/mol. The van der Waals surface area contributed by atoms with Crippen LogP contribution in [0.3, 0.4) is 0 Å². The smallest absolute Gasteiger partial charge is 0.0147 e. The third-order valence-corrected chi connectivity index (χ3v) is 10.5. The monoisotopic (exact) mass is 264 g/mol. The van der Waals surface area contributed by atoms with Crippen molar-refractivity contribution in [1.29, 1.82) is 0 Å². The van der Waals surface area contributed by atoms with Crippen molar-refractivity contribution in [3.8, 4) is 0 Å². The van der Waals surface area contributed by atoms with E-state index in [1.54, 1.807) is 51.4 Å². The van der Waals surface area contributed by atoms with E-state index in [9.17, 15) is 0 Å². The lowest BCUT2D eigenvalue weighted by Gasteiger charge is -2.47. The van der Waals surface area contributed by atoms with Crippen LogP contribution >= 0.6 is 7.92 Å². The first-order chi connectivity index (χ1) is 8.75. The lowest BCUT2D eigenvalue weighted by Crippen LogP contribution is -2.40. The molecule has 1 saturated heterocycles. The SMILES string of the molecule is CC1CCC2C(CCC3C4CCCC4P(C)C23)C1. The maximum absolute atomic E-state index is 2.70. The van der Waals surface area contributed by atoms with Crippen LogP contribution in [0.15, 0.2) is 0 Å². The van der Waals surface area contributed by atoms with Gasteiger partial charge in [0.25, 0.3) is 0 Å². The van der Waals surface area contributed by atoms with E-state index in [4.69, 9.17) is 0 Å². The van der Waals surface area contributed by atoms with Crippen LogP contribution in [0.1, 0.15) is 58.3 Å². The van der Waals surface area contributed by atoms with E-state index >= 15 is 0 Å². The first-order valence-corrected chi connectivity index (χ1v) is 10.4. The topological polar surface area (TPSA) is 0 Å². The van der Waals surface area contributed by atoms with Crippen LogP contribution in [0.25, 0.3) is 0 Å². The van der Waals surface area contributed by atoms with Gasteiger partial charge in [0.1, 0.15) is 0 Å². The van der Waals surface area contributed by atoms with E-state index in [2.05, 4.69) is 13.6 Å². The second-order valence-corrected chi connectivity index (χ2v) is 10.5. The van der Waals surface area contributed by atoms with Crippen LogP contribution in [0, 0.1) is 29.6 Å². The second-order valence-electron chi connectivity index (χ2n) is 7.90. The molecule has 1 heteroatoms. The molecule has 3 saturated carbocycles. The van der Waals surface area contributed by atoms with E-state index < -0.39 is 0 Å². The summed E-state index contributed by atoms with van der Waals surface area (Å²) in [6, 6.07) is 0. The molecule has 102 valence electrons. The Morgan fingerprint density at radius 2 is 1.67 bits per heavy atom. The zero-order valence-electron chi connectivity index (χ0n) is 12.1. The van der Waals surface area contributed by atoms with Gasteiger partial charge in [-0.1, -0.05) is 19.8 Å². The number of hydrogen-bond donors (Lipinski definition) is 0. The molecule has 18 heavy (non-hydrogen) atoms. The second kappa shape index (κ2) is 4.47. The molecule has 0 N–H and O–H groups in total. The molecular formula is C17H29P. The fourth-order valence-electron chi connectivity index (χ4n) is 6.47. The maximum atomic E-state index is 2.70. The van der Waals surface area contributed by atoms with Crippen LogP contribution < -0.4 is 0 Å². The summed E-state index contributed by atoms with van der Waals surface area (Å²) in [7, 11) is 0.379. The maximum Gasteiger partial charge on any atom is -0.0147 e. The van der Waals surface area contributed by atoms with Crippen molar-refractivity contribution in [2.24, 2.45) is 29.6 Å². The summed E-state index contributed by atoms with van der Waals surface area (Å²) in [5.74, 6) is 5.71. The highest BCUT2D eigenvalue weighted by Gasteiger charge is 2.55. The van der Waals surface area contributed by atoms with Crippen molar-refractivity contribution in [3.05, 3.63) is 0 Å². The molecule has 1 heterocycles. The molecule has 0 aromatic heterocycles. The minimum atomic E-state index is 0.379. The zero-order valence-corrected chi connectivity index (χ0v) is 13.0. The largest absolute Gasteiger partial charge is 0.103 e. The first-order valence-electron chi connectivity index (χ1n) is 8.47. The van der Waals surface area contributed by atoms with Gasteiger partial charge >= 0.3 is 0 Å². The predicted octanol–water partition coefficient (Wildman–Crippen LogP) is 5.11. The lowest BCUT2D eigenvalue weighted by molar-refractivity contribution is 0.0965. The lowest BCUT2D eigenvalue weighted by atomic mass is 9.63. The average Bonchev–Trinajstić information content (AvgIpc) is 2.93. The Hall–Kier alpha value is 0.430. The zero-order chi connectivity index (χ0) is 12.3. The van der Waals surface area contributed by atoms with Crippen molar-refractivity contribution in [1.82, 2.24) is 0 Å². The van der Waals surface area contributed by atoms with Gasteiger partial charge in [0.05, 0.1) is 0 Å². The molecule has 8 atom stereocenters. The summed E-state index contributed by atoms with van der Waals surface area (Å²) < 4.78 is 0. The number of hydrogen-bond acceptors (Lipinski definition) is 0. The summed E-state index contributed by atoms with van der Waals surface area (Å²) in [5.41, 5.74) is 2.41. The third kappa shape index (κ3) is 1.67. The molecule has 0 nitrogen and oxygen atoms in total. The van der Waals surface area contributed by atoms with Gasteiger partial charge in [-0.3, -0.25) is 0 Å². The van der Waals surface area contributed by atoms with Gasteiger partial charge in [-0.15, -0.1) is 7.92 Å². The van der Waals surface area contributed by atoms with Gasteiger partial charge in [-0.25, -0.2) is 0 Å². The highest BCUT2D eigenvalue weighted by atomic mass is 31.1. The molecule has 0 spiro atoms. The standard InChI is InChI=1S/C17H29P/c1-11-6-8-13-12(10-11)7-9-15-14-4-3-5-16(14)18(2)17(13)15/h11-17H,3-10H2,1-2H3. The number of fused-ring (bicyclic) bond motifs is 5.